The van der Waals surface area contributed by atoms with Crippen molar-refractivity contribution in [2.45, 2.75) is 37.6 Å². The Balaban J connectivity index is 1.87. The van der Waals surface area contributed by atoms with Crippen molar-refractivity contribution in [2.24, 2.45) is 0 Å². The Kier molecular flexibility index (Phi) is 5.16. The minimum absolute atomic E-state index is 0.208. The molecule has 5 heteroatoms. The van der Waals surface area contributed by atoms with Crippen LogP contribution < -0.4 is 4.72 Å². The summed E-state index contributed by atoms with van der Waals surface area (Å²) in [7, 11) is -3.67. The smallest absolute Gasteiger partial charge is 0.243 e. The molecule has 4 nitrogen and oxygen atoms in total. The Hall–Kier alpha value is -2.24. The average Bonchev–Trinajstić information content (AvgIpc) is 2.61. The number of nitrogens with zero attached hydrogens (tertiary/aromatic N) is 1. The fourth-order valence-electron chi connectivity index (χ4n) is 2.92. The van der Waals surface area contributed by atoms with Crippen LogP contribution in [0.5, 0.6) is 0 Å². The van der Waals surface area contributed by atoms with Crippen LogP contribution in [0.4, 0.5) is 0 Å². The van der Waals surface area contributed by atoms with Crippen molar-refractivity contribution < 1.29 is 8.42 Å². The lowest BCUT2D eigenvalue weighted by atomic mass is 10.0. The summed E-state index contributed by atoms with van der Waals surface area (Å²) in [5.41, 5.74) is 2.69. The fraction of sp³-hybridized carbons (Fsp3) is 0.250. The molecule has 2 aromatic carbocycles. The van der Waals surface area contributed by atoms with Crippen molar-refractivity contribution in [2.75, 3.05) is 0 Å². The maximum Gasteiger partial charge on any atom is 0.243 e. The lowest BCUT2D eigenvalue weighted by Gasteiger charge is -2.16. The number of fused-ring (bicyclic) bond motifs is 1. The molecule has 1 heterocycles. The van der Waals surface area contributed by atoms with Gasteiger partial charge in [-0.05, 0) is 36.6 Å². The van der Waals surface area contributed by atoms with E-state index in [1.165, 1.54) is 5.56 Å². The predicted molar refractivity (Wildman–Crippen MR) is 101 cm³/mol. The van der Waals surface area contributed by atoms with Gasteiger partial charge in [0.05, 0.1) is 5.52 Å². The first-order valence-corrected chi connectivity index (χ1v) is 9.94. The van der Waals surface area contributed by atoms with Crippen molar-refractivity contribution in [3.8, 4) is 0 Å². The number of pyridine rings is 1. The first-order chi connectivity index (χ1) is 12.0. The van der Waals surface area contributed by atoms with Crippen molar-refractivity contribution in [1.82, 2.24) is 9.71 Å². The Bertz CT molecular complexity index is 961. The average molecular weight is 354 g/mol. The molecule has 1 unspecified atom stereocenters. The van der Waals surface area contributed by atoms with E-state index in [-0.39, 0.29) is 10.9 Å². The lowest BCUT2D eigenvalue weighted by Crippen LogP contribution is -2.27. The molecule has 0 bridgehead atoms. The summed E-state index contributed by atoms with van der Waals surface area (Å²) in [5.74, 6) is 0. The second kappa shape index (κ2) is 7.33. The Labute approximate surface area is 149 Å². The number of rotatable bonds is 6. The zero-order valence-electron chi connectivity index (χ0n) is 14.4. The molecule has 0 radical (unpaired) electrons. The van der Waals surface area contributed by atoms with Gasteiger partial charge < -0.3 is 0 Å². The Morgan fingerprint density at radius 1 is 1.04 bits per heavy atom. The highest BCUT2D eigenvalue weighted by Crippen LogP contribution is 2.23. The third-order valence-corrected chi connectivity index (χ3v) is 5.81. The molecule has 130 valence electrons. The van der Waals surface area contributed by atoms with Gasteiger partial charge in [-0.25, -0.2) is 13.1 Å². The van der Waals surface area contributed by atoms with E-state index in [1.807, 2.05) is 31.2 Å². The Morgan fingerprint density at radius 3 is 2.48 bits per heavy atom. The van der Waals surface area contributed by atoms with Crippen LogP contribution in [0, 0.1) is 0 Å². The van der Waals surface area contributed by atoms with E-state index in [1.54, 1.807) is 24.4 Å². The van der Waals surface area contributed by atoms with E-state index in [9.17, 15) is 8.42 Å². The number of nitrogens with one attached hydrogen (secondary N) is 1. The minimum Gasteiger partial charge on any atom is -0.255 e. The molecule has 0 aliphatic heterocycles. The van der Waals surface area contributed by atoms with Gasteiger partial charge >= 0.3 is 0 Å². The number of sulfonamides is 1. The van der Waals surface area contributed by atoms with Crippen molar-refractivity contribution in [3.63, 3.8) is 0 Å². The van der Waals surface area contributed by atoms with Crippen LogP contribution in [0.15, 0.2) is 65.7 Å². The summed E-state index contributed by atoms with van der Waals surface area (Å²) < 4.78 is 28.5. The molecule has 1 aromatic heterocycles. The van der Waals surface area contributed by atoms with E-state index >= 15 is 0 Å². The maximum atomic E-state index is 12.8. The standard InChI is InChI=1S/C20H22N2O2S/c1-3-6-16-10-12-17(13-11-16)15(2)22-25(23,24)19-9-4-7-18-8-5-14-21-20(18)19/h4-5,7-15,22H,3,6H2,1-2H3. The number of aryl methyl sites for hydroxylation is 1. The van der Waals surface area contributed by atoms with Gasteiger partial charge in [0.25, 0.3) is 0 Å². The zero-order chi connectivity index (χ0) is 17.9. The molecule has 0 aliphatic carbocycles. The highest BCUT2D eigenvalue weighted by atomic mass is 32.2. The molecule has 3 rings (SSSR count). The van der Waals surface area contributed by atoms with Gasteiger partial charge in [0.15, 0.2) is 0 Å². The summed E-state index contributed by atoms with van der Waals surface area (Å²) in [6.45, 7) is 3.99. The molecule has 3 aromatic rings. The predicted octanol–water partition coefficient (Wildman–Crippen LogP) is 4.23. The summed E-state index contributed by atoms with van der Waals surface area (Å²) in [6, 6.07) is 16.6. The normalized spacial score (nSPS) is 13.0. The summed E-state index contributed by atoms with van der Waals surface area (Å²) in [4.78, 5) is 4.45. The quantitative estimate of drug-likeness (QED) is 0.721. The SMILES string of the molecule is CCCc1ccc(C(C)NS(=O)(=O)c2cccc3cccnc23)cc1. The molecule has 0 spiro atoms. The highest BCUT2D eigenvalue weighted by Gasteiger charge is 2.21. The number of para-hydroxylation sites is 1. The van der Waals surface area contributed by atoms with Crippen LogP contribution in [-0.4, -0.2) is 13.4 Å². The van der Waals surface area contributed by atoms with Crippen LogP contribution in [0.3, 0.4) is 0 Å². The van der Waals surface area contributed by atoms with Gasteiger partial charge in [0, 0.05) is 17.6 Å². The lowest BCUT2D eigenvalue weighted by molar-refractivity contribution is 0.567. The number of hydrogen-bond acceptors (Lipinski definition) is 3. The second-order valence-corrected chi connectivity index (χ2v) is 7.85. The summed E-state index contributed by atoms with van der Waals surface area (Å²) >= 11 is 0. The maximum absolute atomic E-state index is 12.8. The monoisotopic (exact) mass is 354 g/mol. The van der Waals surface area contributed by atoms with Gasteiger partial charge in [-0.1, -0.05) is 55.8 Å². The van der Waals surface area contributed by atoms with Gasteiger partial charge in [0.2, 0.25) is 10.0 Å². The molecular formula is C20H22N2O2S. The highest BCUT2D eigenvalue weighted by molar-refractivity contribution is 7.89. The molecular weight excluding hydrogens is 332 g/mol. The van der Waals surface area contributed by atoms with E-state index in [2.05, 4.69) is 28.8 Å². The minimum atomic E-state index is -3.67. The molecule has 0 aliphatic rings. The molecule has 0 amide bonds. The second-order valence-electron chi connectivity index (χ2n) is 6.17. The van der Waals surface area contributed by atoms with Crippen molar-refractivity contribution in [3.05, 3.63) is 71.9 Å². The summed E-state index contributed by atoms with van der Waals surface area (Å²) in [6.07, 6.45) is 3.73. The van der Waals surface area contributed by atoms with Crippen molar-refractivity contribution in [1.29, 1.82) is 0 Å². The van der Waals surface area contributed by atoms with Crippen LogP contribution in [0.1, 0.15) is 37.4 Å². The first-order valence-electron chi connectivity index (χ1n) is 8.46. The molecule has 0 fully saturated rings. The van der Waals surface area contributed by atoms with Crippen LogP contribution in [-0.2, 0) is 16.4 Å². The molecule has 0 saturated carbocycles. The van der Waals surface area contributed by atoms with Crippen LogP contribution in [0.2, 0.25) is 0 Å². The van der Waals surface area contributed by atoms with Gasteiger partial charge in [-0.15, -0.1) is 0 Å². The van der Waals surface area contributed by atoms with Crippen LogP contribution in [0.25, 0.3) is 10.9 Å². The van der Waals surface area contributed by atoms with E-state index in [0.717, 1.165) is 23.8 Å². The summed E-state index contributed by atoms with van der Waals surface area (Å²) in [5, 5.41) is 0.807. The first kappa shape index (κ1) is 17.6. The third kappa shape index (κ3) is 3.89. The Morgan fingerprint density at radius 2 is 1.76 bits per heavy atom. The van der Waals surface area contributed by atoms with Gasteiger partial charge in [-0.3, -0.25) is 4.98 Å². The molecule has 1 N–H and O–H groups in total. The number of benzene rings is 2. The van der Waals surface area contributed by atoms with E-state index < -0.39 is 10.0 Å². The topological polar surface area (TPSA) is 59.1 Å². The van der Waals surface area contributed by atoms with Crippen LogP contribution >= 0.6 is 0 Å². The van der Waals surface area contributed by atoms with E-state index in [0.29, 0.717) is 5.52 Å². The number of hydrogen-bond donors (Lipinski definition) is 1. The number of aromatic nitrogens is 1. The molecule has 1 atom stereocenters. The van der Waals surface area contributed by atoms with Gasteiger partial charge in [0.1, 0.15) is 4.90 Å². The largest absolute Gasteiger partial charge is 0.255 e. The zero-order valence-corrected chi connectivity index (χ0v) is 15.3. The fourth-order valence-corrected chi connectivity index (χ4v) is 4.33. The third-order valence-electron chi connectivity index (χ3n) is 4.24. The van der Waals surface area contributed by atoms with Crippen molar-refractivity contribution >= 4 is 20.9 Å². The van der Waals surface area contributed by atoms with Gasteiger partial charge in [-0.2, -0.15) is 0 Å². The molecule has 0 saturated heterocycles. The van der Waals surface area contributed by atoms with E-state index in [4.69, 9.17) is 0 Å². The molecule has 25 heavy (non-hydrogen) atoms.